The van der Waals surface area contributed by atoms with Crippen LogP contribution in [-0.4, -0.2) is 38.6 Å². The Morgan fingerprint density at radius 1 is 1.19 bits per heavy atom. The Balaban J connectivity index is 2.11. The third-order valence-corrected chi connectivity index (χ3v) is 5.62. The molecule has 1 aromatic carbocycles. The second kappa shape index (κ2) is 7.25. The van der Waals surface area contributed by atoms with E-state index in [9.17, 15) is 13.2 Å². The minimum atomic E-state index is -3.36. The Kier molecular flexibility index (Phi) is 5.20. The van der Waals surface area contributed by atoms with Gasteiger partial charge in [-0.3, -0.25) is 4.79 Å². The summed E-state index contributed by atoms with van der Waals surface area (Å²) < 4.78 is 37.0. The third-order valence-electron chi connectivity index (χ3n) is 4.51. The van der Waals surface area contributed by atoms with Crippen molar-refractivity contribution in [2.45, 2.75) is 30.8 Å². The van der Waals surface area contributed by atoms with Gasteiger partial charge in [0.1, 0.15) is 11.9 Å². The van der Waals surface area contributed by atoms with E-state index in [1.54, 1.807) is 44.4 Å². The third kappa shape index (κ3) is 3.99. The molecule has 0 unspecified atom stereocenters. The summed E-state index contributed by atoms with van der Waals surface area (Å²) in [6.07, 6.45) is 4.49. The molecule has 1 aromatic heterocycles. The molecule has 7 heteroatoms. The van der Waals surface area contributed by atoms with E-state index in [0.717, 1.165) is 18.4 Å². The molecule has 0 N–H and O–H groups in total. The van der Waals surface area contributed by atoms with Gasteiger partial charge in [0, 0.05) is 49.0 Å². The van der Waals surface area contributed by atoms with E-state index < -0.39 is 9.84 Å². The van der Waals surface area contributed by atoms with Crippen molar-refractivity contribution in [1.29, 1.82) is 0 Å². The first kappa shape index (κ1) is 18.7. The maximum Gasteiger partial charge on any atom is 0.253 e. The van der Waals surface area contributed by atoms with Gasteiger partial charge in [-0.1, -0.05) is 0 Å². The maximum absolute atomic E-state index is 12.0. The highest BCUT2D eigenvalue weighted by Crippen LogP contribution is 2.34. The number of rotatable bonds is 4. The second-order valence-electron chi connectivity index (χ2n) is 6.69. The summed E-state index contributed by atoms with van der Waals surface area (Å²) >= 11 is 0. The van der Waals surface area contributed by atoms with Crippen molar-refractivity contribution < 1.29 is 17.9 Å². The van der Waals surface area contributed by atoms with Gasteiger partial charge in [0.15, 0.2) is 9.84 Å². The van der Waals surface area contributed by atoms with Crippen LogP contribution in [0, 0.1) is 6.92 Å². The minimum absolute atomic E-state index is 0.0280. The largest absolute Gasteiger partial charge is 0.490 e. The molecular formula is C19H23NO5S. The smallest absolute Gasteiger partial charge is 0.253 e. The van der Waals surface area contributed by atoms with Crippen LogP contribution < -0.4 is 10.3 Å². The minimum Gasteiger partial charge on any atom is -0.490 e. The van der Waals surface area contributed by atoms with E-state index in [-0.39, 0.29) is 16.6 Å². The number of aromatic nitrogens is 1. The molecule has 6 nitrogen and oxygen atoms in total. The Labute approximate surface area is 153 Å². The lowest BCUT2D eigenvalue weighted by Gasteiger charge is -2.25. The molecule has 0 amide bonds. The van der Waals surface area contributed by atoms with E-state index in [2.05, 4.69) is 0 Å². The Bertz CT molecular complexity index is 946. The average molecular weight is 377 g/mol. The van der Waals surface area contributed by atoms with E-state index in [1.165, 1.54) is 10.8 Å². The van der Waals surface area contributed by atoms with E-state index in [0.29, 0.717) is 30.1 Å². The molecule has 0 bridgehead atoms. The summed E-state index contributed by atoms with van der Waals surface area (Å²) in [4.78, 5) is 12.2. The molecule has 0 spiro atoms. The molecule has 0 aliphatic carbocycles. The lowest BCUT2D eigenvalue weighted by molar-refractivity contribution is 0.0258. The summed E-state index contributed by atoms with van der Waals surface area (Å²) in [6.45, 7) is 3.05. The number of pyridine rings is 1. The number of nitrogens with zero attached hydrogens (tertiary/aromatic N) is 1. The molecule has 1 saturated heterocycles. The Morgan fingerprint density at radius 2 is 1.88 bits per heavy atom. The predicted molar refractivity (Wildman–Crippen MR) is 99.4 cm³/mol. The SMILES string of the molecule is Cc1cc(-c2cc(S(C)(=O)=O)ccc2OC2CCOCC2)cn(C)c1=O. The van der Waals surface area contributed by atoms with Gasteiger partial charge >= 0.3 is 0 Å². The number of hydrogen-bond acceptors (Lipinski definition) is 5. The van der Waals surface area contributed by atoms with Crippen molar-refractivity contribution in [3.8, 4) is 16.9 Å². The lowest BCUT2D eigenvalue weighted by Crippen LogP contribution is -2.26. The van der Waals surface area contributed by atoms with E-state index >= 15 is 0 Å². The summed E-state index contributed by atoms with van der Waals surface area (Å²) in [5, 5.41) is 0. The average Bonchev–Trinajstić information content (AvgIpc) is 2.59. The molecule has 2 aromatic rings. The fourth-order valence-corrected chi connectivity index (χ4v) is 3.71. The number of ether oxygens (including phenoxy) is 2. The second-order valence-corrected chi connectivity index (χ2v) is 8.70. The van der Waals surface area contributed by atoms with Gasteiger partial charge in [-0.25, -0.2) is 8.42 Å². The van der Waals surface area contributed by atoms with Gasteiger partial charge in [-0.05, 0) is 31.2 Å². The van der Waals surface area contributed by atoms with Crippen molar-refractivity contribution in [3.63, 3.8) is 0 Å². The standard InChI is InChI=1S/C19H23NO5S/c1-13-10-14(12-20(2)19(13)21)17-11-16(26(3,22)23)4-5-18(17)25-15-6-8-24-9-7-15/h4-5,10-12,15H,6-9H2,1-3H3. The summed E-state index contributed by atoms with van der Waals surface area (Å²) in [5.41, 5.74) is 1.92. The van der Waals surface area contributed by atoms with Crippen LogP contribution in [0.25, 0.3) is 11.1 Å². The normalized spacial score (nSPS) is 15.8. The molecule has 1 aliphatic heterocycles. The molecule has 0 radical (unpaired) electrons. The number of hydrogen-bond donors (Lipinski definition) is 0. The Hall–Kier alpha value is -2.12. The highest BCUT2D eigenvalue weighted by Gasteiger charge is 2.20. The molecule has 1 fully saturated rings. The van der Waals surface area contributed by atoms with Crippen molar-refractivity contribution in [3.05, 3.63) is 46.4 Å². The summed E-state index contributed by atoms with van der Waals surface area (Å²) in [7, 11) is -1.68. The van der Waals surface area contributed by atoms with E-state index in [1.807, 2.05) is 0 Å². The molecule has 3 rings (SSSR count). The van der Waals surface area contributed by atoms with Crippen LogP contribution in [0.4, 0.5) is 0 Å². The zero-order valence-electron chi connectivity index (χ0n) is 15.2. The van der Waals surface area contributed by atoms with Crippen molar-refractivity contribution in [2.24, 2.45) is 7.05 Å². The van der Waals surface area contributed by atoms with Crippen LogP contribution in [-0.2, 0) is 21.6 Å². The van der Waals surface area contributed by atoms with Crippen molar-refractivity contribution >= 4 is 9.84 Å². The fourth-order valence-electron chi connectivity index (χ4n) is 3.07. The van der Waals surface area contributed by atoms with Gasteiger partial charge < -0.3 is 14.0 Å². The highest BCUT2D eigenvalue weighted by molar-refractivity contribution is 7.90. The summed E-state index contributed by atoms with van der Waals surface area (Å²) in [5.74, 6) is 0.613. The zero-order chi connectivity index (χ0) is 18.9. The Morgan fingerprint density at radius 3 is 2.50 bits per heavy atom. The molecule has 2 heterocycles. The summed E-state index contributed by atoms with van der Waals surface area (Å²) in [6, 6.07) is 6.63. The molecule has 26 heavy (non-hydrogen) atoms. The topological polar surface area (TPSA) is 74.6 Å². The first-order valence-electron chi connectivity index (χ1n) is 8.52. The monoisotopic (exact) mass is 377 g/mol. The fraction of sp³-hybridized carbons (Fsp3) is 0.421. The van der Waals surface area contributed by atoms with E-state index in [4.69, 9.17) is 9.47 Å². The van der Waals surface area contributed by atoms with Crippen LogP contribution in [0.3, 0.4) is 0 Å². The molecule has 1 aliphatic rings. The lowest BCUT2D eigenvalue weighted by atomic mass is 10.0. The van der Waals surface area contributed by atoms with Crippen molar-refractivity contribution in [2.75, 3.05) is 19.5 Å². The number of benzene rings is 1. The van der Waals surface area contributed by atoms with Gasteiger partial charge in [-0.2, -0.15) is 0 Å². The van der Waals surface area contributed by atoms with Crippen molar-refractivity contribution in [1.82, 2.24) is 4.57 Å². The zero-order valence-corrected chi connectivity index (χ0v) is 16.0. The van der Waals surface area contributed by atoms with Crippen LogP contribution in [0.5, 0.6) is 5.75 Å². The van der Waals surface area contributed by atoms with Crippen LogP contribution in [0.15, 0.2) is 40.2 Å². The van der Waals surface area contributed by atoms with Crippen LogP contribution >= 0.6 is 0 Å². The van der Waals surface area contributed by atoms with Gasteiger partial charge in [0.25, 0.3) is 5.56 Å². The van der Waals surface area contributed by atoms with Crippen LogP contribution in [0.2, 0.25) is 0 Å². The highest BCUT2D eigenvalue weighted by atomic mass is 32.2. The molecular weight excluding hydrogens is 354 g/mol. The quantitative estimate of drug-likeness (QED) is 0.817. The van der Waals surface area contributed by atoms with Gasteiger partial charge in [0.2, 0.25) is 0 Å². The molecule has 0 saturated carbocycles. The maximum atomic E-state index is 12.0. The molecule has 0 atom stereocenters. The van der Waals surface area contributed by atoms with Gasteiger partial charge in [-0.15, -0.1) is 0 Å². The number of sulfone groups is 1. The first-order chi connectivity index (χ1) is 12.3. The predicted octanol–water partition coefficient (Wildman–Crippen LogP) is 2.32. The number of aryl methyl sites for hydroxylation is 2. The van der Waals surface area contributed by atoms with Crippen LogP contribution in [0.1, 0.15) is 18.4 Å². The first-order valence-corrected chi connectivity index (χ1v) is 10.4. The molecule has 140 valence electrons. The van der Waals surface area contributed by atoms with Gasteiger partial charge in [0.05, 0.1) is 18.1 Å².